The predicted octanol–water partition coefficient (Wildman–Crippen LogP) is 6.00. The first-order valence-corrected chi connectivity index (χ1v) is 11.8. The van der Waals surface area contributed by atoms with Crippen molar-refractivity contribution in [3.8, 4) is 0 Å². The Hall–Kier alpha value is -2.37. The van der Waals surface area contributed by atoms with Crippen LogP contribution in [-0.4, -0.2) is 21.5 Å². The van der Waals surface area contributed by atoms with Gasteiger partial charge < -0.3 is 4.90 Å². The van der Waals surface area contributed by atoms with Crippen LogP contribution < -0.4 is 4.90 Å². The summed E-state index contributed by atoms with van der Waals surface area (Å²) < 4.78 is 40.9. The Morgan fingerprint density at radius 1 is 0.967 bits per heavy atom. The van der Waals surface area contributed by atoms with E-state index in [-0.39, 0.29) is 11.7 Å². The molecular weight excluding hydrogens is 421 g/mol. The molecule has 6 heteroatoms. The number of sulfone groups is 1. The van der Waals surface area contributed by atoms with Gasteiger partial charge in [-0.05, 0) is 67.6 Å². The summed E-state index contributed by atoms with van der Waals surface area (Å²) in [6.45, 7) is 3.25. The van der Waals surface area contributed by atoms with Gasteiger partial charge in [-0.15, -0.1) is 0 Å². The zero-order valence-corrected chi connectivity index (χ0v) is 18.3. The highest BCUT2D eigenvalue weighted by molar-refractivity contribution is 7.91. The second-order valence-electron chi connectivity index (χ2n) is 7.71. The second kappa shape index (κ2) is 8.40. The fraction of sp³-hybridized carbons (Fsp3) is 0.250. The summed E-state index contributed by atoms with van der Waals surface area (Å²) in [6, 6.07) is 18.9. The van der Waals surface area contributed by atoms with Crippen LogP contribution in [0.5, 0.6) is 0 Å². The Kier molecular flexibility index (Phi) is 5.85. The molecule has 1 heterocycles. The summed E-state index contributed by atoms with van der Waals surface area (Å²) in [5.74, 6) is -0.178. The highest BCUT2D eigenvalue weighted by atomic mass is 35.5. The lowest BCUT2D eigenvalue weighted by Gasteiger charge is -2.35. The van der Waals surface area contributed by atoms with Gasteiger partial charge in [0.05, 0.1) is 15.5 Å². The summed E-state index contributed by atoms with van der Waals surface area (Å²) in [5.41, 5.74) is 2.39. The van der Waals surface area contributed by atoms with Crippen LogP contribution in [0.2, 0.25) is 5.02 Å². The lowest BCUT2D eigenvalue weighted by atomic mass is 9.89. The molecule has 156 valence electrons. The molecule has 1 saturated heterocycles. The Morgan fingerprint density at radius 3 is 2.30 bits per heavy atom. The van der Waals surface area contributed by atoms with Gasteiger partial charge in [-0.2, -0.15) is 0 Å². The Balaban J connectivity index is 1.59. The number of benzene rings is 3. The summed E-state index contributed by atoms with van der Waals surface area (Å²) in [4.78, 5) is 2.69. The lowest BCUT2D eigenvalue weighted by Crippen LogP contribution is -2.34. The average molecular weight is 444 g/mol. The van der Waals surface area contributed by atoms with E-state index in [1.165, 1.54) is 6.07 Å². The number of para-hydroxylation sites is 1. The first-order chi connectivity index (χ1) is 14.4. The van der Waals surface area contributed by atoms with Gasteiger partial charge in [0.1, 0.15) is 5.82 Å². The summed E-state index contributed by atoms with van der Waals surface area (Å²) in [6.07, 6.45) is 1.49. The largest absolute Gasteiger partial charge is 0.370 e. The summed E-state index contributed by atoms with van der Waals surface area (Å²) in [5, 5.41) is 0.393. The van der Waals surface area contributed by atoms with Crippen LogP contribution in [0.4, 0.5) is 10.1 Å². The van der Waals surface area contributed by atoms with E-state index in [1.54, 1.807) is 36.4 Å². The number of nitrogens with zero attached hydrogens (tertiary/aromatic N) is 1. The molecule has 3 aromatic carbocycles. The summed E-state index contributed by atoms with van der Waals surface area (Å²) >= 11 is 5.87. The molecule has 0 spiro atoms. The van der Waals surface area contributed by atoms with Gasteiger partial charge in [0.2, 0.25) is 9.84 Å². The number of hydrogen-bond donors (Lipinski definition) is 0. The highest BCUT2D eigenvalue weighted by Crippen LogP contribution is 2.36. The number of hydrogen-bond acceptors (Lipinski definition) is 3. The molecule has 3 nitrogen and oxygen atoms in total. The number of piperidine rings is 1. The van der Waals surface area contributed by atoms with Crippen molar-refractivity contribution in [2.24, 2.45) is 0 Å². The maximum absolute atomic E-state index is 14.3. The van der Waals surface area contributed by atoms with Crippen molar-refractivity contribution < 1.29 is 12.8 Å². The van der Waals surface area contributed by atoms with Crippen LogP contribution >= 0.6 is 11.6 Å². The highest BCUT2D eigenvalue weighted by Gasteiger charge is 2.28. The minimum atomic E-state index is -3.63. The van der Waals surface area contributed by atoms with E-state index in [2.05, 4.69) is 4.90 Å². The van der Waals surface area contributed by atoms with Crippen molar-refractivity contribution in [1.29, 1.82) is 0 Å². The van der Waals surface area contributed by atoms with Crippen molar-refractivity contribution in [2.75, 3.05) is 18.0 Å². The molecule has 4 rings (SSSR count). The minimum Gasteiger partial charge on any atom is -0.370 e. The third-order valence-corrected chi connectivity index (χ3v) is 7.78. The molecule has 0 saturated carbocycles. The monoisotopic (exact) mass is 443 g/mol. The Bertz CT molecular complexity index is 1150. The van der Waals surface area contributed by atoms with Gasteiger partial charge in [-0.25, -0.2) is 12.8 Å². The van der Waals surface area contributed by atoms with Crippen molar-refractivity contribution >= 4 is 27.1 Å². The van der Waals surface area contributed by atoms with Crippen molar-refractivity contribution in [1.82, 2.24) is 0 Å². The van der Waals surface area contributed by atoms with Crippen LogP contribution in [-0.2, 0) is 9.84 Å². The molecule has 0 aliphatic carbocycles. The van der Waals surface area contributed by atoms with E-state index in [1.807, 2.05) is 31.2 Å². The number of halogens is 2. The molecule has 1 aliphatic heterocycles. The zero-order valence-electron chi connectivity index (χ0n) is 16.7. The smallest absolute Gasteiger partial charge is 0.208 e. The fourth-order valence-corrected chi connectivity index (χ4v) is 5.69. The molecule has 1 aliphatic rings. The third-order valence-electron chi connectivity index (χ3n) is 5.72. The average Bonchev–Trinajstić information content (AvgIpc) is 2.74. The normalized spacial score (nSPS) is 15.4. The maximum Gasteiger partial charge on any atom is 0.208 e. The topological polar surface area (TPSA) is 37.4 Å². The van der Waals surface area contributed by atoms with Gasteiger partial charge in [0.15, 0.2) is 0 Å². The Morgan fingerprint density at radius 2 is 1.63 bits per heavy atom. The van der Waals surface area contributed by atoms with Crippen molar-refractivity contribution in [3.63, 3.8) is 0 Å². The molecule has 0 aromatic heterocycles. The van der Waals surface area contributed by atoms with Gasteiger partial charge in [0.25, 0.3) is 0 Å². The molecule has 0 amide bonds. The second-order valence-corrected chi connectivity index (χ2v) is 10.1. The van der Waals surface area contributed by atoms with E-state index in [0.717, 1.165) is 18.4 Å². The first kappa shape index (κ1) is 20.9. The number of aryl methyl sites for hydroxylation is 1. The van der Waals surface area contributed by atoms with E-state index in [9.17, 15) is 12.8 Å². The van der Waals surface area contributed by atoms with Gasteiger partial charge >= 0.3 is 0 Å². The van der Waals surface area contributed by atoms with E-state index < -0.39 is 9.84 Å². The van der Waals surface area contributed by atoms with Crippen molar-refractivity contribution in [3.05, 3.63) is 88.7 Å². The predicted molar refractivity (Wildman–Crippen MR) is 119 cm³/mol. The van der Waals surface area contributed by atoms with Gasteiger partial charge in [0, 0.05) is 18.1 Å². The lowest BCUT2D eigenvalue weighted by molar-refractivity contribution is 0.480. The van der Waals surface area contributed by atoms with Crippen LogP contribution in [0.3, 0.4) is 0 Å². The molecule has 30 heavy (non-hydrogen) atoms. The standard InChI is InChI=1S/C24H23ClFNO2S/c1-17-6-9-20(10-7-17)30(28,29)24-5-3-2-4-23(24)27-14-12-18(13-15-27)21-11-8-19(25)16-22(21)26/h2-11,16,18H,12-15H2,1H3. The molecule has 0 bridgehead atoms. The van der Waals surface area contributed by atoms with Crippen LogP contribution in [0, 0.1) is 12.7 Å². The zero-order chi connectivity index (χ0) is 21.3. The molecule has 0 atom stereocenters. The molecule has 0 unspecified atom stereocenters. The quantitative estimate of drug-likeness (QED) is 0.496. The van der Waals surface area contributed by atoms with Crippen LogP contribution in [0.1, 0.15) is 29.9 Å². The van der Waals surface area contributed by atoms with E-state index in [0.29, 0.717) is 39.2 Å². The van der Waals surface area contributed by atoms with Gasteiger partial charge in [-0.3, -0.25) is 0 Å². The fourth-order valence-electron chi connectivity index (χ4n) is 4.05. The van der Waals surface area contributed by atoms with Gasteiger partial charge in [-0.1, -0.05) is 47.5 Å². The molecule has 0 radical (unpaired) electrons. The molecule has 3 aromatic rings. The van der Waals surface area contributed by atoms with E-state index >= 15 is 0 Å². The maximum atomic E-state index is 14.3. The summed E-state index contributed by atoms with van der Waals surface area (Å²) in [7, 11) is -3.63. The van der Waals surface area contributed by atoms with E-state index in [4.69, 9.17) is 11.6 Å². The number of rotatable bonds is 4. The Labute approximate surface area is 182 Å². The minimum absolute atomic E-state index is 0.0967. The molecule has 1 fully saturated rings. The van der Waals surface area contributed by atoms with Crippen molar-refractivity contribution in [2.45, 2.75) is 35.5 Å². The first-order valence-electron chi connectivity index (χ1n) is 9.97. The number of anilines is 1. The van der Waals surface area contributed by atoms with Crippen LogP contribution in [0.25, 0.3) is 0 Å². The van der Waals surface area contributed by atoms with Crippen LogP contribution in [0.15, 0.2) is 76.5 Å². The SMILES string of the molecule is Cc1ccc(S(=O)(=O)c2ccccc2N2CCC(c3ccc(Cl)cc3F)CC2)cc1. The third kappa shape index (κ3) is 4.09. The molecule has 0 N–H and O–H groups in total. The molecular formula is C24H23ClFNO2S.